The largest absolute Gasteiger partial charge is 0.259 e. The predicted octanol–water partition coefficient (Wildman–Crippen LogP) is 4.12. The van der Waals surface area contributed by atoms with E-state index >= 15 is 0 Å². The van der Waals surface area contributed by atoms with Gasteiger partial charge in [-0.05, 0) is 31.9 Å². The number of nitrogens with one attached hydrogen (secondary N) is 1. The zero-order valence-electron chi connectivity index (χ0n) is 12.2. The summed E-state index contributed by atoms with van der Waals surface area (Å²) in [6.07, 6.45) is 5.69. The van der Waals surface area contributed by atoms with Crippen molar-refractivity contribution in [1.82, 2.24) is 15.0 Å². The lowest BCUT2D eigenvalue weighted by molar-refractivity contribution is 0.973. The minimum Gasteiger partial charge on any atom is -0.259 e. The van der Waals surface area contributed by atoms with Crippen LogP contribution in [0.2, 0.25) is 5.02 Å². The van der Waals surface area contributed by atoms with E-state index < -0.39 is 0 Å². The Morgan fingerprint density at radius 2 is 2.05 bits per heavy atom. The third kappa shape index (κ3) is 3.31. The summed E-state index contributed by atoms with van der Waals surface area (Å²) in [5, 5.41) is 3.89. The molecule has 0 bridgehead atoms. The maximum atomic E-state index is 7.13. The molecule has 0 fully saturated rings. The van der Waals surface area contributed by atoms with Gasteiger partial charge in [-0.2, -0.15) is 5.11 Å². The number of nitrogens with zero attached hydrogens (tertiary/aromatic N) is 4. The summed E-state index contributed by atoms with van der Waals surface area (Å²) in [7, 11) is 0. The highest BCUT2D eigenvalue weighted by molar-refractivity contribution is 6.30. The van der Waals surface area contributed by atoms with E-state index in [9.17, 15) is 0 Å². The molecule has 108 valence electrons. The van der Waals surface area contributed by atoms with E-state index in [2.05, 4.69) is 27.0 Å². The van der Waals surface area contributed by atoms with Gasteiger partial charge in [-0.15, -0.1) is 0 Å². The number of hydrogen-bond donors (Lipinski definition) is 1. The van der Waals surface area contributed by atoms with Crippen LogP contribution in [0.3, 0.4) is 0 Å². The minimum absolute atomic E-state index is 0.521. The fourth-order valence-corrected chi connectivity index (χ4v) is 2.22. The van der Waals surface area contributed by atoms with Crippen molar-refractivity contribution in [3.63, 3.8) is 0 Å². The van der Waals surface area contributed by atoms with Crippen LogP contribution in [-0.4, -0.2) is 15.0 Å². The van der Waals surface area contributed by atoms with Crippen LogP contribution in [0, 0.1) is 19.4 Å². The minimum atomic E-state index is 0.521. The van der Waals surface area contributed by atoms with Crippen molar-refractivity contribution in [1.29, 1.82) is 5.53 Å². The summed E-state index contributed by atoms with van der Waals surface area (Å²) >= 11 is 6.02. The Balaban J connectivity index is 2.59. The molecule has 2 rings (SSSR count). The van der Waals surface area contributed by atoms with Crippen LogP contribution in [0.4, 0.5) is 0 Å². The Kier molecular flexibility index (Phi) is 4.75. The number of pyridine rings is 1. The standard InChI is InChI=1S/C15H16ClN5/c1-4-11-6-19-15(21-9(11)2)14(8-20-17)13-5-12(16)7-18-10(13)3/h5-8,17H,4H2,1-3H3/b14-8+,20-17?. The molecule has 2 aromatic heterocycles. The number of hydrogen-bond acceptors (Lipinski definition) is 5. The first-order valence-electron chi connectivity index (χ1n) is 6.59. The molecular formula is C15H16ClN5. The van der Waals surface area contributed by atoms with Crippen molar-refractivity contribution in [2.24, 2.45) is 5.11 Å². The second-order valence-corrected chi connectivity index (χ2v) is 5.05. The summed E-state index contributed by atoms with van der Waals surface area (Å²) in [6, 6.07) is 1.79. The zero-order valence-corrected chi connectivity index (χ0v) is 12.9. The van der Waals surface area contributed by atoms with E-state index in [0.717, 1.165) is 28.9 Å². The van der Waals surface area contributed by atoms with Crippen molar-refractivity contribution < 1.29 is 0 Å². The monoisotopic (exact) mass is 301 g/mol. The maximum absolute atomic E-state index is 7.13. The molecule has 0 aromatic carbocycles. The molecule has 0 spiro atoms. The van der Waals surface area contributed by atoms with E-state index in [1.165, 1.54) is 6.20 Å². The normalized spacial score (nSPS) is 11.5. The molecule has 0 unspecified atom stereocenters. The Bertz CT molecular complexity index is 709. The average molecular weight is 302 g/mol. The molecule has 0 aliphatic carbocycles. The Labute approximate surface area is 128 Å². The molecule has 21 heavy (non-hydrogen) atoms. The lowest BCUT2D eigenvalue weighted by Crippen LogP contribution is -2.03. The summed E-state index contributed by atoms with van der Waals surface area (Å²) < 4.78 is 0. The summed E-state index contributed by atoms with van der Waals surface area (Å²) in [4.78, 5) is 13.1. The molecule has 0 radical (unpaired) electrons. The van der Waals surface area contributed by atoms with Gasteiger partial charge in [0, 0.05) is 34.9 Å². The van der Waals surface area contributed by atoms with Gasteiger partial charge in [0.15, 0.2) is 5.82 Å². The van der Waals surface area contributed by atoms with Gasteiger partial charge in [0.05, 0.1) is 11.2 Å². The molecular weight excluding hydrogens is 286 g/mol. The molecule has 2 heterocycles. The molecule has 1 N–H and O–H groups in total. The first-order chi connectivity index (χ1) is 10.1. The highest BCUT2D eigenvalue weighted by Gasteiger charge is 2.13. The molecule has 0 atom stereocenters. The molecule has 0 saturated heterocycles. The predicted molar refractivity (Wildman–Crippen MR) is 82.4 cm³/mol. The number of halogens is 1. The topological polar surface area (TPSA) is 74.9 Å². The lowest BCUT2D eigenvalue weighted by atomic mass is 10.0. The Morgan fingerprint density at radius 3 is 2.67 bits per heavy atom. The van der Waals surface area contributed by atoms with Crippen molar-refractivity contribution in [3.8, 4) is 0 Å². The van der Waals surface area contributed by atoms with Crippen molar-refractivity contribution in [3.05, 3.63) is 58.0 Å². The Morgan fingerprint density at radius 1 is 1.29 bits per heavy atom. The van der Waals surface area contributed by atoms with Gasteiger partial charge in [-0.3, -0.25) is 4.98 Å². The van der Waals surface area contributed by atoms with Gasteiger partial charge in [0.2, 0.25) is 0 Å². The highest BCUT2D eigenvalue weighted by Crippen LogP contribution is 2.26. The Hall–Kier alpha value is -2.14. The molecule has 0 aliphatic rings. The molecule has 6 heteroatoms. The first-order valence-corrected chi connectivity index (χ1v) is 6.96. The van der Waals surface area contributed by atoms with Gasteiger partial charge in [-0.25, -0.2) is 15.5 Å². The van der Waals surface area contributed by atoms with Crippen LogP contribution in [0.25, 0.3) is 5.57 Å². The fourth-order valence-electron chi connectivity index (χ4n) is 2.06. The quantitative estimate of drug-likeness (QED) is 0.863. The summed E-state index contributed by atoms with van der Waals surface area (Å²) in [5.41, 5.74) is 11.4. The molecule has 2 aromatic rings. The van der Waals surface area contributed by atoms with Gasteiger partial charge < -0.3 is 0 Å². The van der Waals surface area contributed by atoms with Gasteiger partial charge in [0.1, 0.15) is 0 Å². The molecule has 5 nitrogen and oxygen atoms in total. The van der Waals surface area contributed by atoms with E-state index in [0.29, 0.717) is 16.4 Å². The van der Waals surface area contributed by atoms with Gasteiger partial charge in [-0.1, -0.05) is 18.5 Å². The third-order valence-corrected chi connectivity index (χ3v) is 3.45. The van der Waals surface area contributed by atoms with Crippen LogP contribution in [0.1, 0.15) is 35.3 Å². The third-order valence-electron chi connectivity index (χ3n) is 3.24. The van der Waals surface area contributed by atoms with E-state index in [1.807, 2.05) is 20.0 Å². The van der Waals surface area contributed by atoms with Crippen LogP contribution in [0.15, 0.2) is 29.8 Å². The number of aromatic nitrogens is 3. The van der Waals surface area contributed by atoms with E-state index in [1.54, 1.807) is 12.3 Å². The zero-order chi connectivity index (χ0) is 15.4. The van der Waals surface area contributed by atoms with E-state index in [4.69, 9.17) is 17.1 Å². The number of rotatable bonds is 4. The van der Waals surface area contributed by atoms with Crippen LogP contribution < -0.4 is 0 Å². The maximum Gasteiger partial charge on any atom is 0.161 e. The van der Waals surface area contributed by atoms with Crippen molar-refractivity contribution in [2.45, 2.75) is 27.2 Å². The van der Waals surface area contributed by atoms with Crippen molar-refractivity contribution >= 4 is 17.2 Å². The first kappa shape index (κ1) is 15.3. The van der Waals surface area contributed by atoms with Gasteiger partial charge in [0.25, 0.3) is 0 Å². The fraction of sp³-hybridized carbons (Fsp3) is 0.267. The summed E-state index contributed by atoms with van der Waals surface area (Å²) in [5.74, 6) is 0.521. The molecule has 0 aliphatic heterocycles. The highest BCUT2D eigenvalue weighted by atomic mass is 35.5. The van der Waals surface area contributed by atoms with E-state index in [-0.39, 0.29) is 0 Å². The second-order valence-electron chi connectivity index (χ2n) is 4.62. The van der Waals surface area contributed by atoms with Crippen LogP contribution in [-0.2, 0) is 6.42 Å². The number of aryl methyl sites for hydroxylation is 3. The smallest absolute Gasteiger partial charge is 0.161 e. The average Bonchev–Trinajstić information content (AvgIpc) is 2.47. The lowest BCUT2D eigenvalue weighted by Gasteiger charge is -2.10. The SMILES string of the molecule is CCc1cnc(/C(=C/N=N)c2cc(Cl)cnc2C)nc1C. The van der Waals surface area contributed by atoms with Crippen LogP contribution in [0.5, 0.6) is 0 Å². The van der Waals surface area contributed by atoms with Crippen LogP contribution >= 0.6 is 11.6 Å². The molecule has 0 amide bonds. The second kappa shape index (κ2) is 6.54. The molecule has 0 saturated carbocycles. The summed E-state index contributed by atoms with van der Waals surface area (Å²) in [6.45, 7) is 5.88. The van der Waals surface area contributed by atoms with Gasteiger partial charge >= 0.3 is 0 Å². The van der Waals surface area contributed by atoms with Crippen molar-refractivity contribution in [2.75, 3.05) is 0 Å².